The molecular weight excluding hydrogens is 366 g/mol. The van der Waals surface area contributed by atoms with Crippen LogP contribution in [0, 0.1) is 19.8 Å². The molecule has 1 heterocycles. The van der Waals surface area contributed by atoms with Gasteiger partial charge in [-0.3, -0.25) is 4.79 Å². The minimum atomic E-state index is -0.488. The van der Waals surface area contributed by atoms with E-state index in [1.165, 1.54) is 11.1 Å². The normalized spacial score (nSPS) is 19.2. The van der Waals surface area contributed by atoms with Crippen molar-refractivity contribution in [3.63, 3.8) is 0 Å². The van der Waals surface area contributed by atoms with E-state index in [9.17, 15) is 4.79 Å². The molecule has 0 unspecified atom stereocenters. The molecule has 3 rings (SSSR count). The molecule has 0 radical (unpaired) electrons. The average Bonchev–Trinajstić information content (AvgIpc) is 2.64. The highest BCUT2D eigenvalue weighted by atomic mass is 32.1. The number of thiocarbonyl (C=S) groups is 1. The Kier molecular flexibility index (Phi) is 5.84. The third-order valence-electron chi connectivity index (χ3n) is 5.29. The zero-order valence-corrected chi connectivity index (χ0v) is 17.6. The molecule has 0 spiro atoms. The molecule has 28 heavy (non-hydrogen) atoms. The van der Waals surface area contributed by atoms with E-state index in [1.54, 1.807) is 0 Å². The first kappa shape index (κ1) is 20.1. The Hall–Kier alpha value is -2.66. The molecule has 3 N–H and O–H groups in total. The molecule has 2 aromatic carbocycles. The van der Waals surface area contributed by atoms with Crippen molar-refractivity contribution in [2.75, 3.05) is 5.32 Å². The fourth-order valence-corrected chi connectivity index (χ4v) is 3.66. The second-order valence-electron chi connectivity index (χ2n) is 7.69. The van der Waals surface area contributed by atoms with Crippen LogP contribution in [0.2, 0.25) is 0 Å². The molecule has 1 amide bonds. The van der Waals surface area contributed by atoms with E-state index in [0.717, 1.165) is 16.8 Å². The molecule has 4 nitrogen and oxygen atoms in total. The van der Waals surface area contributed by atoms with Crippen molar-refractivity contribution in [1.29, 1.82) is 0 Å². The highest BCUT2D eigenvalue weighted by Crippen LogP contribution is 2.31. The number of anilines is 1. The van der Waals surface area contributed by atoms with Crippen LogP contribution in [0.15, 0.2) is 54.7 Å². The molecule has 1 aliphatic rings. The molecule has 2 atom stereocenters. The topological polar surface area (TPSA) is 53.2 Å². The maximum atomic E-state index is 13.1. The fraction of sp³-hybridized carbons (Fsp3) is 0.304. The van der Waals surface area contributed by atoms with Gasteiger partial charge in [-0.15, -0.1) is 0 Å². The van der Waals surface area contributed by atoms with Gasteiger partial charge in [-0.1, -0.05) is 50.8 Å². The molecule has 1 fully saturated rings. The Balaban J connectivity index is 1.88. The van der Waals surface area contributed by atoms with Gasteiger partial charge in [0, 0.05) is 11.4 Å². The van der Waals surface area contributed by atoms with Crippen LogP contribution >= 0.6 is 12.2 Å². The van der Waals surface area contributed by atoms with Gasteiger partial charge < -0.3 is 16.0 Å². The minimum Gasteiger partial charge on any atom is -0.354 e. The molecule has 0 saturated carbocycles. The van der Waals surface area contributed by atoms with Gasteiger partial charge in [-0.25, -0.2) is 0 Å². The number of hydrogen-bond acceptors (Lipinski definition) is 2. The molecule has 1 aliphatic heterocycles. The third-order valence-corrected chi connectivity index (χ3v) is 5.51. The summed E-state index contributed by atoms with van der Waals surface area (Å²) in [6.07, 6.45) is 0. The smallest absolute Gasteiger partial charge is 0.235 e. The van der Waals surface area contributed by atoms with Gasteiger partial charge in [-0.2, -0.15) is 0 Å². The number of amides is 1. The van der Waals surface area contributed by atoms with Gasteiger partial charge in [0.15, 0.2) is 5.11 Å². The van der Waals surface area contributed by atoms with E-state index in [0.29, 0.717) is 16.7 Å². The lowest BCUT2D eigenvalue weighted by Gasteiger charge is -2.35. The average molecular weight is 394 g/mol. The molecule has 2 aromatic rings. The zero-order chi connectivity index (χ0) is 20.4. The zero-order valence-electron chi connectivity index (χ0n) is 16.8. The molecule has 0 aliphatic carbocycles. The van der Waals surface area contributed by atoms with Gasteiger partial charge in [0.25, 0.3) is 0 Å². The number of carbonyl (C=O) groups excluding carboxylic acids is 1. The molecular formula is C23H27N3OS. The van der Waals surface area contributed by atoms with E-state index >= 15 is 0 Å². The number of hydrogen-bond donors (Lipinski definition) is 3. The summed E-state index contributed by atoms with van der Waals surface area (Å²) in [5.74, 6) is -0.151. The number of carbonyl (C=O) groups is 1. The van der Waals surface area contributed by atoms with Crippen molar-refractivity contribution in [3.05, 3.63) is 77.0 Å². The molecule has 1 saturated heterocycles. The van der Waals surface area contributed by atoms with E-state index in [1.807, 2.05) is 25.1 Å². The van der Waals surface area contributed by atoms with Gasteiger partial charge in [0.2, 0.25) is 5.91 Å². The largest absolute Gasteiger partial charge is 0.354 e. The summed E-state index contributed by atoms with van der Waals surface area (Å²) in [6, 6.07) is 14.0. The number of aryl methyl sites for hydroxylation is 2. The van der Waals surface area contributed by atoms with Crippen LogP contribution in [0.25, 0.3) is 0 Å². The molecule has 0 bridgehead atoms. The SMILES string of the molecule is C=C1NC(=S)N[C@H](c2ccc(C(C)C)cc2)[C@H]1C(=O)Nc1ccc(C)c(C)c1. The van der Waals surface area contributed by atoms with Gasteiger partial charge in [0.1, 0.15) is 5.92 Å². The Morgan fingerprint density at radius 1 is 1.11 bits per heavy atom. The quantitative estimate of drug-likeness (QED) is 0.658. The van der Waals surface area contributed by atoms with Crippen molar-refractivity contribution in [1.82, 2.24) is 10.6 Å². The summed E-state index contributed by atoms with van der Waals surface area (Å²) in [7, 11) is 0. The van der Waals surface area contributed by atoms with Crippen LogP contribution in [-0.4, -0.2) is 11.0 Å². The van der Waals surface area contributed by atoms with Crippen molar-refractivity contribution in [2.45, 2.75) is 39.7 Å². The molecule has 0 aromatic heterocycles. The Morgan fingerprint density at radius 3 is 2.39 bits per heavy atom. The third kappa shape index (κ3) is 4.25. The van der Waals surface area contributed by atoms with Crippen molar-refractivity contribution in [3.8, 4) is 0 Å². The highest BCUT2D eigenvalue weighted by molar-refractivity contribution is 7.80. The summed E-state index contributed by atoms with van der Waals surface area (Å²) in [5, 5.41) is 9.77. The maximum absolute atomic E-state index is 13.1. The van der Waals surface area contributed by atoms with E-state index in [4.69, 9.17) is 12.2 Å². The standard InChI is InChI=1S/C23H27N3OS/c1-13(2)17-7-9-18(10-8-17)21-20(16(5)24-23(28)26-21)22(27)25-19-11-6-14(3)15(4)12-19/h6-13,20-21H,5H2,1-4H3,(H,25,27)(H2,24,26,28)/t20-,21+/m0/s1. The first-order valence-corrected chi connectivity index (χ1v) is 9.91. The van der Waals surface area contributed by atoms with Crippen LogP contribution in [0.1, 0.15) is 48.1 Å². The first-order chi connectivity index (χ1) is 13.3. The predicted molar refractivity (Wildman–Crippen MR) is 119 cm³/mol. The minimum absolute atomic E-state index is 0.117. The van der Waals surface area contributed by atoms with Crippen LogP contribution in [0.3, 0.4) is 0 Å². The van der Waals surface area contributed by atoms with Gasteiger partial charge in [-0.05, 0) is 66.4 Å². The maximum Gasteiger partial charge on any atom is 0.235 e. The van der Waals surface area contributed by atoms with E-state index in [2.05, 4.69) is 67.6 Å². The highest BCUT2D eigenvalue weighted by Gasteiger charge is 2.36. The van der Waals surface area contributed by atoms with E-state index < -0.39 is 5.92 Å². The van der Waals surface area contributed by atoms with Crippen LogP contribution in [-0.2, 0) is 4.79 Å². The van der Waals surface area contributed by atoms with Crippen molar-refractivity contribution in [2.24, 2.45) is 5.92 Å². The number of nitrogens with one attached hydrogen (secondary N) is 3. The predicted octanol–water partition coefficient (Wildman–Crippen LogP) is 4.71. The Bertz CT molecular complexity index is 918. The van der Waals surface area contributed by atoms with Crippen LogP contribution < -0.4 is 16.0 Å². The molecule has 146 valence electrons. The second kappa shape index (κ2) is 8.15. The Labute approximate surface area is 172 Å². The van der Waals surface area contributed by atoms with Crippen LogP contribution in [0.5, 0.6) is 0 Å². The van der Waals surface area contributed by atoms with Crippen LogP contribution in [0.4, 0.5) is 5.69 Å². The molecule has 5 heteroatoms. The lowest BCUT2D eigenvalue weighted by molar-refractivity contribution is -0.119. The second-order valence-corrected chi connectivity index (χ2v) is 8.10. The summed E-state index contributed by atoms with van der Waals surface area (Å²) < 4.78 is 0. The monoisotopic (exact) mass is 393 g/mol. The van der Waals surface area contributed by atoms with Gasteiger partial charge >= 0.3 is 0 Å². The summed E-state index contributed by atoms with van der Waals surface area (Å²) in [5.41, 5.74) is 5.98. The van der Waals surface area contributed by atoms with Crippen molar-refractivity contribution >= 4 is 28.9 Å². The number of rotatable bonds is 4. The summed E-state index contributed by atoms with van der Waals surface area (Å²) in [6.45, 7) is 12.5. The first-order valence-electron chi connectivity index (χ1n) is 9.50. The Morgan fingerprint density at radius 2 is 1.79 bits per heavy atom. The van der Waals surface area contributed by atoms with Gasteiger partial charge in [0.05, 0.1) is 6.04 Å². The fourth-order valence-electron chi connectivity index (χ4n) is 3.40. The number of benzene rings is 2. The lowest BCUT2D eigenvalue weighted by Crippen LogP contribution is -2.51. The van der Waals surface area contributed by atoms with Crippen molar-refractivity contribution < 1.29 is 4.79 Å². The van der Waals surface area contributed by atoms with E-state index in [-0.39, 0.29) is 11.9 Å². The summed E-state index contributed by atoms with van der Waals surface area (Å²) >= 11 is 5.31. The summed E-state index contributed by atoms with van der Waals surface area (Å²) in [4.78, 5) is 13.1. The lowest BCUT2D eigenvalue weighted by atomic mass is 9.87.